The Kier molecular flexibility index (Phi) is 6.28. The number of anilines is 1. The molecule has 1 amide bonds. The van der Waals surface area contributed by atoms with Crippen molar-refractivity contribution in [3.63, 3.8) is 0 Å². The molecule has 2 N–H and O–H groups in total. The number of fused-ring (bicyclic) bond motifs is 7. The predicted octanol–water partition coefficient (Wildman–Crippen LogP) is 6.76. The number of hydrogen-bond acceptors (Lipinski definition) is 5. The van der Waals surface area contributed by atoms with Crippen molar-refractivity contribution in [2.45, 2.75) is 112 Å². The summed E-state index contributed by atoms with van der Waals surface area (Å²) in [5.41, 5.74) is 1.55. The van der Waals surface area contributed by atoms with Gasteiger partial charge in [-0.15, -0.1) is 0 Å². The van der Waals surface area contributed by atoms with Crippen molar-refractivity contribution < 1.29 is 14.7 Å². The van der Waals surface area contributed by atoms with Crippen LogP contribution in [0.15, 0.2) is 29.7 Å². The average molecular weight is 548 g/mol. The predicted molar refractivity (Wildman–Crippen MR) is 156 cm³/mol. The second kappa shape index (κ2) is 8.96. The van der Waals surface area contributed by atoms with Gasteiger partial charge in [0, 0.05) is 18.8 Å². The second-order valence-corrected chi connectivity index (χ2v) is 15.7. The van der Waals surface area contributed by atoms with E-state index in [1.54, 1.807) is 18.6 Å². The molecule has 6 heteroatoms. The van der Waals surface area contributed by atoms with Crippen LogP contribution in [0.5, 0.6) is 0 Å². The van der Waals surface area contributed by atoms with E-state index in [1.165, 1.54) is 0 Å². The molecule has 5 aliphatic carbocycles. The van der Waals surface area contributed by atoms with E-state index in [1.807, 2.05) is 0 Å². The first-order valence-corrected chi connectivity index (χ1v) is 15.8. The molecule has 6 rings (SSSR count). The normalized spacial score (nSPS) is 44.0. The molecular weight excluding hydrogens is 498 g/mol. The highest BCUT2D eigenvalue weighted by Crippen LogP contribution is 2.76. The SMILES string of the molecule is CC(C)C1=C2[C@H]3CC[C@@H]4[C@@]5(C)CC[C@H](O)C(C)(C)[C@@H]5CC[C@@]4(C)[C@]3(C)CC[C@@]2(C(=O)Nc2cnccn2)CC1=O. The monoisotopic (exact) mass is 547 g/mol. The summed E-state index contributed by atoms with van der Waals surface area (Å²) in [6, 6.07) is 0. The lowest BCUT2D eigenvalue weighted by molar-refractivity contribution is -0.228. The Bertz CT molecular complexity index is 1260. The van der Waals surface area contributed by atoms with Crippen molar-refractivity contribution >= 4 is 17.5 Å². The summed E-state index contributed by atoms with van der Waals surface area (Å²) >= 11 is 0. The van der Waals surface area contributed by atoms with Crippen LogP contribution in [0.4, 0.5) is 5.82 Å². The number of Topliss-reactive ketones (excluding diaryl/α,β-unsaturated/α-hetero) is 1. The number of nitrogens with zero attached hydrogens (tertiary/aromatic N) is 2. The van der Waals surface area contributed by atoms with Crippen molar-refractivity contribution in [1.29, 1.82) is 0 Å². The molecule has 0 unspecified atom stereocenters. The van der Waals surface area contributed by atoms with Gasteiger partial charge in [-0.25, -0.2) is 4.98 Å². The van der Waals surface area contributed by atoms with Crippen LogP contribution < -0.4 is 5.32 Å². The smallest absolute Gasteiger partial charge is 0.236 e. The summed E-state index contributed by atoms with van der Waals surface area (Å²) in [5, 5.41) is 14.1. The molecule has 218 valence electrons. The lowest BCUT2D eigenvalue weighted by atomic mass is 9.33. The standard InChI is InChI=1S/C34H49N3O3/c1-20(2)27-22(38)18-34(29(40)37-26-19-35-16-17-36-26)15-14-32(6)21(28(27)34)8-9-24-31(5)12-11-25(39)30(3,4)23(31)10-13-33(24,32)7/h16-17,19-21,23-25,39H,8-15,18H2,1-7H3,(H,36,37,40)/t21-,23+,24-,25+,31+,32-,33-,34-/m1/s1. The van der Waals surface area contributed by atoms with Crippen LogP contribution in [0.3, 0.4) is 0 Å². The van der Waals surface area contributed by atoms with Gasteiger partial charge in [0.1, 0.15) is 0 Å². The number of carbonyl (C=O) groups excluding carboxylic acids is 2. The fourth-order valence-electron chi connectivity index (χ4n) is 11.5. The summed E-state index contributed by atoms with van der Waals surface area (Å²) in [7, 11) is 0. The van der Waals surface area contributed by atoms with Gasteiger partial charge >= 0.3 is 0 Å². The van der Waals surface area contributed by atoms with E-state index in [2.05, 4.69) is 63.8 Å². The lowest BCUT2D eigenvalue weighted by Crippen LogP contribution is -2.66. The van der Waals surface area contributed by atoms with Gasteiger partial charge in [0.25, 0.3) is 0 Å². The minimum absolute atomic E-state index is 0.0144. The van der Waals surface area contributed by atoms with Crippen LogP contribution in [0.25, 0.3) is 0 Å². The molecule has 5 aliphatic rings. The number of aliphatic hydroxyl groups excluding tert-OH is 1. The van der Waals surface area contributed by atoms with Crippen LogP contribution in [0.2, 0.25) is 0 Å². The molecule has 4 fully saturated rings. The Hall–Kier alpha value is -2.08. The number of aromatic nitrogens is 2. The molecule has 0 radical (unpaired) electrons. The van der Waals surface area contributed by atoms with Crippen LogP contribution in [0.1, 0.15) is 106 Å². The van der Waals surface area contributed by atoms with E-state index in [-0.39, 0.29) is 57.7 Å². The highest BCUT2D eigenvalue weighted by molar-refractivity contribution is 6.09. The molecule has 1 heterocycles. The highest BCUT2D eigenvalue weighted by atomic mass is 16.3. The summed E-state index contributed by atoms with van der Waals surface area (Å²) in [4.78, 5) is 36.4. The number of carbonyl (C=O) groups is 2. The Labute approximate surface area is 240 Å². The van der Waals surface area contributed by atoms with E-state index in [0.29, 0.717) is 24.1 Å². The number of aliphatic hydroxyl groups is 1. The molecule has 6 nitrogen and oxygen atoms in total. The molecular formula is C34H49N3O3. The number of ketones is 1. The first kappa shape index (κ1) is 28.1. The molecule has 0 spiro atoms. The van der Waals surface area contributed by atoms with Gasteiger partial charge in [-0.05, 0) is 108 Å². The Balaban J connectivity index is 1.42. The maximum Gasteiger partial charge on any atom is 0.236 e. The Morgan fingerprint density at radius 2 is 1.70 bits per heavy atom. The Morgan fingerprint density at radius 3 is 2.38 bits per heavy atom. The third kappa shape index (κ3) is 3.50. The van der Waals surface area contributed by atoms with Gasteiger partial charge in [0.15, 0.2) is 11.6 Å². The van der Waals surface area contributed by atoms with Crippen LogP contribution in [-0.2, 0) is 9.59 Å². The van der Waals surface area contributed by atoms with Gasteiger partial charge in [0.05, 0.1) is 17.7 Å². The first-order chi connectivity index (χ1) is 18.7. The van der Waals surface area contributed by atoms with Crippen LogP contribution in [-0.4, -0.2) is 32.9 Å². The molecule has 40 heavy (non-hydrogen) atoms. The third-order valence-corrected chi connectivity index (χ3v) is 13.6. The maximum atomic E-state index is 14.2. The zero-order valence-electron chi connectivity index (χ0n) is 25.6. The molecule has 0 aromatic carbocycles. The maximum absolute atomic E-state index is 14.2. The van der Waals surface area contributed by atoms with Gasteiger partial charge in [-0.2, -0.15) is 0 Å². The van der Waals surface area contributed by atoms with Gasteiger partial charge < -0.3 is 10.4 Å². The zero-order valence-corrected chi connectivity index (χ0v) is 25.6. The van der Waals surface area contributed by atoms with E-state index < -0.39 is 5.41 Å². The second-order valence-electron chi connectivity index (χ2n) is 15.7. The fourth-order valence-corrected chi connectivity index (χ4v) is 11.5. The quantitative estimate of drug-likeness (QED) is 0.436. The fraction of sp³-hybridized carbons (Fsp3) is 0.765. The summed E-state index contributed by atoms with van der Waals surface area (Å²) in [5.74, 6) is 1.93. The van der Waals surface area contributed by atoms with Gasteiger partial charge in [-0.1, -0.05) is 48.5 Å². The van der Waals surface area contributed by atoms with Crippen LogP contribution in [0, 0.1) is 50.7 Å². The number of nitrogens with one attached hydrogen (secondary N) is 1. The Morgan fingerprint density at radius 1 is 0.950 bits per heavy atom. The molecule has 1 aromatic rings. The molecule has 0 bridgehead atoms. The van der Waals surface area contributed by atoms with Gasteiger partial charge in [-0.3, -0.25) is 14.6 Å². The molecule has 4 saturated carbocycles. The topological polar surface area (TPSA) is 92.2 Å². The lowest BCUT2D eigenvalue weighted by Gasteiger charge is -2.72. The van der Waals surface area contributed by atoms with E-state index in [0.717, 1.165) is 56.1 Å². The highest BCUT2D eigenvalue weighted by Gasteiger charge is 2.70. The molecule has 1 aromatic heterocycles. The van der Waals surface area contributed by atoms with Crippen molar-refractivity contribution in [2.75, 3.05) is 5.32 Å². The number of allylic oxidation sites excluding steroid dienone is 1. The zero-order chi connectivity index (χ0) is 28.9. The minimum atomic E-state index is -0.792. The molecule has 0 aliphatic heterocycles. The minimum Gasteiger partial charge on any atom is -0.393 e. The summed E-state index contributed by atoms with van der Waals surface area (Å²) in [6.45, 7) is 16.4. The van der Waals surface area contributed by atoms with Crippen molar-refractivity contribution in [3.8, 4) is 0 Å². The van der Waals surface area contributed by atoms with Crippen molar-refractivity contribution in [1.82, 2.24) is 9.97 Å². The summed E-state index contributed by atoms with van der Waals surface area (Å²) in [6.07, 6.45) is 12.9. The van der Waals surface area contributed by atoms with Crippen molar-refractivity contribution in [2.24, 2.45) is 50.7 Å². The summed E-state index contributed by atoms with van der Waals surface area (Å²) < 4.78 is 0. The van der Waals surface area contributed by atoms with Gasteiger partial charge in [0.2, 0.25) is 5.91 Å². The van der Waals surface area contributed by atoms with Crippen molar-refractivity contribution in [3.05, 3.63) is 29.7 Å². The van der Waals surface area contributed by atoms with E-state index in [4.69, 9.17) is 0 Å². The number of amides is 1. The van der Waals surface area contributed by atoms with E-state index in [9.17, 15) is 14.7 Å². The van der Waals surface area contributed by atoms with Crippen LogP contribution >= 0.6 is 0 Å². The number of hydrogen-bond donors (Lipinski definition) is 2. The largest absolute Gasteiger partial charge is 0.393 e. The molecule has 0 saturated heterocycles. The third-order valence-electron chi connectivity index (χ3n) is 13.6. The first-order valence-electron chi connectivity index (χ1n) is 15.8. The number of rotatable bonds is 3. The van der Waals surface area contributed by atoms with E-state index >= 15 is 0 Å². The molecule has 8 atom stereocenters. The average Bonchev–Trinajstić information content (AvgIpc) is 3.21.